The van der Waals surface area contributed by atoms with Gasteiger partial charge in [0, 0.05) is 32.3 Å². The van der Waals surface area contributed by atoms with E-state index in [1.165, 1.54) is 5.56 Å². The molecular weight excluding hydrogens is 392 g/mol. The number of carbonyl (C=O) groups is 1. The van der Waals surface area contributed by atoms with Crippen molar-refractivity contribution in [3.63, 3.8) is 0 Å². The highest BCUT2D eigenvalue weighted by Crippen LogP contribution is 2.30. The number of carbonyl (C=O) groups excluding carboxylic acids is 1. The van der Waals surface area contributed by atoms with Crippen LogP contribution in [0.5, 0.6) is 5.75 Å². The van der Waals surface area contributed by atoms with Crippen LogP contribution in [0.2, 0.25) is 0 Å². The summed E-state index contributed by atoms with van der Waals surface area (Å²) >= 11 is 0. The standard InChI is InChI=1S/C24H40N4O3/c1-4-24(5-2,14-16-29)18-27-23(25-6-3)26-15-13-19-7-11-21(12-8-19)31-17-22(30)28-20-9-10-20/h7-8,11-12,20,29H,4-6,9-10,13-18H2,1-3H3,(H,28,30)(H2,25,26,27). The van der Waals surface area contributed by atoms with E-state index >= 15 is 0 Å². The summed E-state index contributed by atoms with van der Waals surface area (Å²) in [7, 11) is 0. The maximum atomic E-state index is 11.7. The molecule has 0 aliphatic heterocycles. The van der Waals surface area contributed by atoms with Crippen LogP contribution in [0.15, 0.2) is 29.3 Å². The highest BCUT2D eigenvalue weighted by molar-refractivity contribution is 5.79. The maximum Gasteiger partial charge on any atom is 0.258 e. The van der Waals surface area contributed by atoms with Gasteiger partial charge in [0.25, 0.3) is 5.91 Å². The van der Waals surface area contributed by atoms with Crippen molar-refractivity contribution in [1.29, 1.82) is 0 Å². The molecule has 1 aromatic carbocycles. The molecule has 0 atom stereocenters. The average molecular weight is 433 g/mol. The molecule has 1 saturated carbocycles. The van der Waals surface area contributed by atoms with Gasteiger partial charge in [-0.25, -0.2) is 0 Å². The van der Waals surface area contributed by atoms with Crippen LogP contribution in [0.3, 0.4) is 0 Å². The summed E-state index contributed by atoms with van der Waals surface area (Å²) in [6.07, 6.45) is 5.80. The number of aliphatic hydroxyl groups is 1. The van der Waals surface area contributed by atoms with E-state index in [9.17, 15) is 9.90 Å². The summed E-state index contributed by atoms with van der Waals surface area (Å²) in [4.78, 5) is 16.5. The van der Waals surface area contributed by atoms with Gasteiger partial charge < -0.3 is 25.8 Å². The van der Waals surface area contributed by atoms with Crippen molar-refractivity contribution in [2.45, 2.75) is 65.3 Å². The molecule has 0 aromatic heterocycles. The molecule has 0 unspecified atom stereocenters. The van der Waals surface area contributed by atoms with Crippen LogP contribution in [0.1, 0.15) is 58.4 Å². The first-order valence-electron chi connectivity index (χ1n) is 11.7. The van der Waals surface area contributed by atoms with Crippen molar-refractivity contribution in [3.8, 4) is 5.75 Å². The Morgan fingerprint density at radius 1 is 1.16 bits per heavy atom. The molecule has 2 rings (SSSR count). The van der Waals surface area contributed by atoms with Gasteiger partial charge in [-0.05, 0) is 68.6 Å². The van der Waals surface area contributed by atoms with E-state index in [1.54, 1.807) is 0 Å². The molecule has 0 heterocycles. The Morgan fingerprint density at radius 2 is 1.87 bits per heavy atom. The van der Waals surface area contributed by atoms with Gasteiger partial charge in [-0.3, -0.25) is 9.79 Å². The van der Waals surface area contributed by atoms with Crippen LogP contribution in [0.25, 0.3) is 0 Å². The van der Waals surface area contributed by atoms with Crippen molar-refractivity contribution < 1.29 is 14.6 Å². The molecule has 1 aromatic rings. The van der Waals surface area contributed by atoms with Crippen molar-refractivity contribution in [2.75, 3.05) is 32.8 Å². The summed E-state index contributed by atoms with van der Waals surface area (Å²) in [6.45, 7) is 8.93. The fourth-order valence-corrected chi connectivity index (χ4v) is 3.46. The zero-order valence-electron chi connectivity index (χ0n) is 19.4. The molecule has 1 fully saturated rings. The lowest BCUT2D eigenvalue weighted by molar-refractivity contribution is -0.123. The second-order valence-electron chi connectivity index (χ2n) is 8.33. The zero-order chi connectivity index (χ0) is 22.5. The fraction of sp³-hybridized carbons (Fsp3) is 0.667. The van der Waals surface area contributed by atoms with Crippen LogP contribution in [0.4, 0.5) is 0 Å². The molecule has 0 saturated heterocycles. The number of guanidine groups is 1. The average Bonchev–Trinajstić information content (AvgIpc) is 3.60. The monoisotopic (exact) mass is 432 g/mol. The third-order valence-electron chi connectivity index (χ3n) is 6.00. The summed E-state index contributed by atoms with van der Waals surface area (Å²) in [5.74, 6) is 1.46. The van der Waals surface area contributed by atoms with Crippen molar-refractivity contribution in [2.24, 2.45) is 10.4 Å². The number of ether oxygens (including phenoxy) is 1. The van der Waals surface area contributed by atoms with E-state index in [4.69, 9.17) is 9.73 Å². The lowest BCUT2D eigenvalue weighted by Crippen LogP contribution is -2.39. The molecule has 0 radical (unpaired) electrons. The predicted octanol–water partition coefficient (Wildman–Crippen LogP) is 2.63. The number of benzene rings is 1. The van der Waals surface area contributed by atoms with Gasteiger partial charge in [0.15, 0.2) is 12.6 Å². The van der Waals surface area contributed by atoms with Gasteiger partial charge in [0.1, 0.15) is 5.75 Å². The van der Waals surface area contributed by atoms with Crippen molar-refractivity contribution in [1.82, 2.24) is 16.0 Å². The SMILES string of the molecule is CCNC(=NCC(CC)(CC)CCO)NCCc1ccc(OCC(=O)NC2CC2)cc1. The topological polar surface area (TPSA) is 95.0 Å². The lowest BCUT2D eigenvalue weighted by Gasteiger charge is -2.29. The molecule has 4 N–H and O–H groups in total. The number of hydrogen-bond acceptors (Lipinski definition) is 4. The summed E-state index contributed by atoms with van der Waals surface area (Å²) in [5.41, 5.74) is 1.25. The molecule has 1 aliphatic rings. The number of hydrogen-bond donors (Lipinski definition) is 4. The van der Waals surface area contributed by atoms with E-state index < -0.39 is 0 Å². The molecule has 7 nitrogen and oxygen atoms in total. The number of amides is 1. The molecule has 7 heteroatoms. The minimum Gasteiger partial charge on any atom is -0.484 e. The van der Waals surface area contributed by atoms with E-state index in [-0.39, 0.29) is 24.5 Å². The maximum absolute atomic E-state index is 11.7. The molecule has 1 amide bonds. The highest BCUT2D eigenvalue weighted by Gasteiger charge is 2.25. The molecule has 0 bridgehead atoms. The Bertz CT molecular complexity index is 683. The van der Waals surface area contributed by atoms with E-state index in [1.807, 2.05) is 24.3 Å². The molecular formula is C24H40N4O3. The third-order valence-corrected chi connectivity index (χ3v) is 6.00. The number of aliphatic imine (C=N–C) groups is 1. The number of rotatable bonds is 14. The van der Waals surface area contributed by atoms with Crippen molar-refractivity contribution >= 4 is 11.9 Å². The van der Waals surface area contributed by atoms with Gasteiger partial charge in [-0.2, -0.15) is 0 Å². The second kappa shape index (κ2) is 13.2. The molecule has 31 heavy (non-hydrogen) atoms. The predicted molar refractivity (Wildman–Crippen MR) is 126 cm³/mol. The smallest absolute Gasteiger partial charge is 0.258 e. The number of nitrogens with zero attached hydrogens (tertiary/aromatic N) is 1. The Morgan fingerprint density at radius 3 is 2.45 bits per heavy atom. The summed E-state index contributed by atoms with van der Waals surface area (Å²) < 4.78 is 5.56. The quantitative estimate of drug-likeness (QED) is 0.268. The normalized spacial score (nSPS) is 14.3. The van der Waals surface area contributed by atoms with Gasteiger partial charge in [0.2, 0.25) is 0 Å². The van der Waals surface area contributed by atoms with Gasteiger partial charge in [-0.1, -0.05) is 26.0 Å². The van der Waals surface area contributed by atoms with Gasteiger partial charge in [-0.15, -0.1) is 0 Å². The first-order valence-corrected chi connectivity index (χ1v) is 11.7. The zero-order valence-corrected chi connectivity index (χ0v) is 19.4. The summed E-state index contributed by atoms with van der Waals surface area (Å²) in [6, 6.07) is 8.23. The second-order valence-corrected chi connectivity index (χ2v) is 8.33. The largest absolute Gasteiger partial charge is 0.484 e. The number of aliphatic hydroxyl groups excluding tert-OH is 1. The first kappa shape index (κ1) is 25.0. The van der Waals surface area contributed by atoms with Gasteiger partial charge >= 0.3 is 0 Å². The van der Waals surface area contributed by atoms with Crippen LogP contribution >= 0.6 is 0 Å². The van der Waals surface area contributed by atoms with Crippen LogP contribution in [-0.2, 0) is 11.2 Å². The molecule has 174 valence electrons. The lowest BCUT2D eigenvalue weighted by atomic mass is 9.79. The van der Waals surface area contributed by atoms with Crippen LogP contribution in [0, 0.1) is 5.41 Å². The van der Waals surface area contributed by atoms with Crippen LogP contribution in [-0.4, -0.2) is 55.9 Å². The Hall–Kier alpha value is -2.28. The minimum atomic E-state index is -0.0554. The first-order chi connectivity index (χ1) is 15.0. The number of nitrogens with one attached hydrogen (secondary N) is 3. The molecule has 1 aliphatic carbocycles. The van der Waals surface area contributed by atoms with Crippen LogP contribution < -0.4 is 20.7 Å². The third kappa shape index (κ3) is 9.17. The Kier molecular flexibility index (Phi) is 10.6. The summed E-state index contributed by atoms with van der Waals surface area (Å²) in [5, 5.41) is 19.0. The van der Waals surface area contributed by atoms with Gasteiger partial charge in [0.05, 0.1) is 0 Å². The Labute approximate surface area is 187 Å². The van der Waals surface area contributed by atoms with E-state index in [2.05, 4.69) is 36.7 Å². The minimum absolute atomic E-state index is 0.0554. The fourth-order valence-electron chi connectivity index (χ4n) is 3.46. The van der Waals surface area contributed by atoms with Crippen molar-refractivity contribution in [3.05, 3.63) is 29.8 Å². The van der Waals surface area contributed by atoms with E-state index in [0.29, 0.717) is 18.3 Å². The van der Waals surface area contributed by atoms with E-state index in [0.717, 1.165) is 57.6 Å². The highest BCUT2D eigenvalue weighted by atomic mass is 16.5. The molecule has 0 spiro atoms. The Balaban J connectivity index is 1.78.